The fraction of sp³-hybridized carbons (Fsp3) is 0.500. The Balaban J connectivity index is 1.70. The second-order valence-electron chi connectivity index (χ2n) is 4.71. The van der Waals surface area contributed by atoms with Gasteiger partial charge < -0.3 is 19.1 Å². The number of rotatable bonds is 5. The van der Waals surface area contributed by atoms with Crippen molar-refractivity contribution in [2.75, 3.05) is 19.8 Å². The summed E-state index contributed by atoms with van der Waals surface area (Å²) in [6, 6.07) is 5.65. The molecule has 1 saturated heterocycles. The first-order valence-corrected chi connectivity index (χ1v) is 6.60. The predicted molar refractivity (Wildman–Crippen MR) is 69.3 cm³/mol. The fourth-order valence-corrected chi connectivity index (χ4v) is 2.31. The lowest BCUT2D eigenvalue weighted by molar-refractivity contribution is 0.0680. The topological polar surface area (TPSA) is 64.7 Å². The van der Waals surface area contributed by atoms with Gasteiger partial charge in [0.25, 0.3) is 0 Å². The van der Waals surface area contributed by atoms with E-state index in [4.69, 9.17) is 19.1 Å². The highest BCUT2D eigenvalue weighted by atomic mass is 16.5. The zero-order chi connectivity index (χ0) is 13.1. The molecule has 2 aromatic rings. The Morgan fingerprint density at radius 3 is 3.16 bits per heavy atom. The van der Waals surface area contributed by atoms with Gasteiger partial charge in [0, 0.05) is 31.1 Å². The van der Waals surface area contributed by atoms with Gasteiger partial charge in [0.2, 0.25) is 0 Å². The van der Waals surface area contributed by atoms with Gasteiger partial charge in [-0.2, -0.15) is 0 Å². The van der Waals surface area contributed by atoms with E-state index >= 15 is 0 Å². The highest BCUT2D eigenvalue weighted by Crippen LogP contribution is 2.24. The van der Waals surface area contributed by atoms with E-state index in [1.54, 1.807) is 0 Å². The van der Waals surface area contributed by atoms with Crippen LogP contribution in [0.4, 0.5) is 0 Å². The summed E-state index contributed by atoms with van der Waals surface area (Å²) in [7, 11) is 0. The first-order chi connectivity index (χ1) is 9.36. The van der Waals surface area contributed by atoms with Gasteiger partial charge in [0.15, 0.2) is 5.58 Å². The van der Waals surface area contributed by atoms with Crippen LogP contribution < -0.4 is 4.74 Å². The maximum absolute atomic E-state index is 8.94. The van der Waals surface area contributed by atoms with Crippen LogP contribution in [0.3, 0.4) is 0 Å². The fourth-order valence-electron chi connectivity index (χ4n) is 2.31. The zero-order valence-electron chi connectivity index (χ0n) is 10.7. The second kappa shape index (κ2) is 5.59. The molecule has 5 heteroatoms. The van der Waals surface area contributed by atoms with Crippen LogP contribution in [-0.2, 0) is 11.2 Å². The highest BCUT2D eigenvalue weighted by molar-refractivity contribution is 5.80. The summed E-state index contributed by atoms with van der Waals surface area (Å²) in [5.41, 5.74) is 1.47. The third kappa shape index (κ3) is 2.72. The number of fused-ring (bicyclic) bond motifs is 1. The molecule has 1 aromatic carbocycles. The van der Waals surface area contributed by atoms with Crippen molar-refractivity contribution in [3.8, 4) is 5.75 Å². The lowest BCUT2D eigenvalue weighted by atomic mass is 10.2. The van der Waals surface area contributed by atoms with Crippen LogP contribution in [0.1, 0.15) is 18.5 Å². The molecule has 1 aliphatic heterocycles. The summed E-state index contributed by atoms with van der Waals surface area (Å²) < 4.78 is 16.5. The quantitative estimate of drug-likeness (QED) is 0.892. The van der Waals surface area contributed by atoms with Crippen LogP contribution in [0.5, 0.6) is 5.75 Å². The minimum Gasteiger partial charge on any atom is -0.491 e. The number of nitrogens with zero attached hydrogens (tertiary/aromatic N) is 1. The van der Waals surface area contributed by atoms with Crippen molar-refractivity contribution >= 4 is 11.0 Å². The van der Waals surface area contributed by atoms with Crippen LogP contribution in [0.15, 0.2) is 22.7 Å². The van der Waals surface area contributed by atoms with Gasteiger partial charge in [-0.1, -0.05) is 5.16 Å². The molecule has 1 aromatic heterocycles. The Morgan fingerprint density at radius 2 is 2.37 bits per heavy atom. The van der Waals surface area contributed by atoms with Crippen LogP contribution in [0.2, 0.25) is 0 Å². The first kappa shape index (κ1) is 12.4. The van der Waals surface area contributed by atoms with E-state index in [1.165, 1.54) is 0 Å². The van der Waals surface area contributed by atoms with Crippen molar-refractivity contribution in [1.82, 2.24) is 5.16 Å². The Kier molecular flexibility index (Phi) is 3.66. The van der Waals surface area contributed by atoms with Crippen LogP contribution >= 0.6 is 0 Å². The molecule has 1 fully saturated rings. The van der Waals surface area contributed by atoms with E-state index in [2.05, 4.69) is 5.16 Å². The van der Waals surface area contributed by atoms with E-state index in [-0.39, 0.29) is 12.7 Å². The molecule has 0 amide bonds. The van der Waals surface area contributed by atoms with E-state index in [0.717, 1.165) is 36.3 Å². The molecule has 0 aliphatic carbocycles. The molecule has 0 radical (unpaired) electrons. The van der Waals surface area contributed by atoms with Crippen molar-refractivity contribution in [3.63, 3.8) is 0 Å². The monoisotopic (exact) mass is 263 g/mol. The van der Waals surface area contributed by atoms with Crippen LogP contribution in [0, 0.1) is 0 Å². The van der Waals surface area contributed by atoms with E-state index < -0.39 is 0 Å². The molecule has 1 atom stereocenters. The Hall–Kier alpha value is -1.59. The molecule has 5 nitrogen and oxygen atoms in total. The smallest absolute Gasteiger partial charge is 0.170 e. The molecule has 1 aliphatic rings. The van der Waals surface area contributed by atoms with Crippen molar-refractivity contribution in [1.29, 1.82) is 0 Å². The van der Waals surface area contributed by atoms with Crippen LogP contribution in [-0.4, -0.2) is 36.2 Å². The average Bonchev–Trinajstić information content (AvgIpc) is 3.06. The molecule has 2 heterocycles. The lowest BCUT2D eigenvalue weighted by Crippen LogP contribution is -2.16. The zero-order valence-corrected chi connectivity index (χ0v) is 10.7. The largest absolute Gasteiger partial charge is 0.491 e. The summed E-state index contributed by atoms with van der Waals surface area (Å²) in [6.45, 7) is 1.47. The normalized spacial score (nSPS) is 19.1. The molecular formula is C14H17NO4. The van der Waals surface area contributed by atoms with Crippen molar-refractivity contribution in [2.24, 2.45) is 0 Å². The van der Waals surface area contributed by atoms with Gasteiger partial charge in [-0.05, 0) is 25.0 Å². The number of aliphatic hydroxyl groups is 1. The summed E-state index contributed by atoms with van der Waals surface area (Å²) in [5, 5.41) is 13.8. The van der Waals surface area contributed by atoms with Crippen molar-refractivity contribution in [2.45, 2.75) is 25.4 Å². The van der Waals surface area contributed by atoms with Crippen LogP contribution in [0.25, 0.3) is 11.0 Å². The maximum Gasteiger partial charge on any atom is 0.170 e. The molecule has 1 N–H and O–H groups in total. The SMILES string of the molecule is OCCc1noc2cc(OCC3CCCO3)ccc12. The van der Waals surface area contributed by atoms with Gasteiger partial charge >= 0.3 is 0 Å². The van der Waals surface area contributed by atoms with Crippen molar-refractivity contribution < 1.29 is 19.1 Å². The minimum absolute atomic E-state index is 0.0684. The van der Waals surface area contributed by atoms with Gasteiger partial charge in [-0.3, -0.25) is 0 Å². The van der Waals surface area contributed by atoms with Gasteiger partial charge in [-0.15, -0.1) is 0 Å². The molecule has 102 valence electrons. The summed E-state index contributed by atoms with van der Waals surface area (Å²) >= 11 is 0. The van der Waals surface area contributed by atoms with Crippen molar-refractivity contribution in [3.05, 3.63) is 23.9 Å². The second-order valence-corrected chi connectivity index (χ2v) is 4.71. The standard InChI is InChI=1S/C14H17NO4/c16-6-5-13-12-4-3-10(8-14(12)19-15-13)18-9-11-2-1-7-17-11/h3-4,8,11,16H,1-2,5-7,9H2. The summed E-state index contributed by atoms with van der Waals surface area (Å²) in [5.74, 6) is 0.759. The van der Waals surface area contributed by atoms with E-state index in [9.17, 15) is 0 Å². The third-order valence-electron chi connectivity index (χ3n) is 3.33. The molecule has 0 bridgehead atoms. The molecule has 0 saturated carbocycles. The lowest BCUT2D eigenvalue weighted by Gasteiger charge is -2.11. The number of aliphatic hydroxyl groups excluding tert-OH is 1. The van der Waals surface area contributed by atoms with E-state index in [0.29, 0.717) is 18.6 Å². The van der Waals surface area contributed by atoms with Gasteiger partial charge in [0.05, 0.1) is 11.8 Å². The number of hydrogen-bond acceptors (Lipinski definition) is 5. The number of aromatic nitrogens is 1. The van der Waals surface area contributed by atoms with Gasteiger partial charge in [-0.25, -0.2) is 0 Å². The predicted octanol–water partition coefficient (Wildman–Crippen LogP) is 1.92. The molecular weight excluding hydrogens is 246 g/mol. The third-order valence-corrected chi connectivity index (χ3v) is 3.33. The van der Waals surface area contributed by atoms with Gasteiger partial charge in [0.1, 0.15) is 12.4 Å². The number of hydrogen-bond donors (Lipinski definition) is 1. The Labute approximate surface area is 111 Å². The molecule has 1 unspecified atom stereocenters. The Morgan fingerprint density at radius 1 is 1.42 bits per heavy atom. The number of ether oxygens (including phenoxy) is 2. The summed E-state index contributed by atoms with van der Waals surface area (Å²) in [4.78, 5) is 0. The average molecular weight is 263 g/mol. The first-order valence-electron chi connectivity index (χ1n) is 6.60. The molecule has 0 spiro atoms. The maximum atomic E-state index is 8.94. The highest BCUT2D eigenvalue weighted by Gasteiger charge is 2.16. The Bertz CT molecular complexity index is 545. The number of benzene rings is 1. The van der Waals surface area contributed by atoms with E-state index in [1.807, 2.05) is 18.2 Å². The minimum atomic E-state index is 0.0684. The summed E-state index contributed by atoms with van der Waals surface area (Å²) in [6.07, 6.45) is 2.88. The molecule has 19 heavy (non-hydrogen) atoms. The molecule has 3 rings (SSSR count).